The zero-order valence-electron chi connectivity index (χ0n) is 17.6. The molecule has 1 aliphatic rings. The molecule has 2 aromatic rings. The number of methoxy groups -OCH3 is 1. The lowest BCUT2D eigenvalue weighted by Gasteiger charge is -2.30. The van der Waals surface area contributed by atoms with Crippen molar-refractivity contribution >= 4 is 67.2 Å². The molecule has 9 nitrogen and oxygen atoms in total. The van der Waals surface area contributed by atoms with Gasteiger partial charge < -0.3 is 10.1 Å². The van der Waals surface area contributed by atoms with E-state index < -0.39 is 27.9 Å². The highest BCUT2D eigenvalue weighted by molar-refractivity contribution is 7.91. The number of nitrogens with one attached hydrogen (secondary N) is 2. The number of amides is 3. The Kier molecular flexibility index (Phi) is 7.61. The van der Waals surface area contributed by atoms with Gasteiger partial charge in [-0.15, -0.1) is 22.7 Å². The Morgan fingerprint density at radius 2 is 1.81 bits per heavy atom. The van der Waals surface area contributed by atoms with Crippen molar-refractivity contribution in [3.63, 3.8) is 0 Å². The molecule has 0 bridgehead atoms. The van der Waals surface area contributed by atoms with Crippen molar-refractivity contribution in [2.75, 3.05) is 25.5 Å². The van der Waals surface area contributed by atoms with Gasteiger partial charge in [0.25, 0.3) is 15.9 Å². The maximum absolute atomic E-state index is 12.9. The van der Waals surface area contributed by atoms with E-state index in [0.717, 1.165) is 23.3 Å². The maximum Gasteiger partial charge on any atom is 0.413 e. The van der Waals surface area contributed by atoms with Crippen LogP contribution < -0.4 is 10.6 Å². The maximum atomic E-state index is 12.9. The number of hydrogen-bond donors (Lipinski definition) is 2. The molecule has 0 aliphatic carbocycles. The number of sulfonamides is 1. The minimum absolute atomic E-state index is 0.177. The first-order valence-corrected chi connectivity index (χ1v) is 13.0. The number of alkyl carbamates (subject to hydrolysis) is 1. The van der Waals surface area contributed by atoms with E-state index in [1.165, 1.54) is 27.8 Å². The highest BCUT2D eigenvalue weighted by Gasteiger charge is 2.33. The van der Waals surface area contributed by atoms with Gasteiger partial charge in [0, 0.05) is 23.9 Å². The molecule has 1 saturated heterocycles. The molecule has 0 atom stereocenters. The molecule has 0 spiro atoms. The van der Waals surface area contributed by atoms with Crippen molar-refractivity contribution in [3.8, 4) is 0 Å². The van der Waals surface area contributed by atoms with Crippen LogP contribution in [0.15, 0.2) is 16.3 Å². The lowest BCUT2D eigenvalue weighted by atomic mass is 9.97. The Bertz CT molecular complexity index is 1150. The largest absolute Gasteiger partial charge is 0.453 e. The number of imide groups is 1. The van der Waals surface area contributed by atoms with Gasteiger partial charge in [0.15, 0.2) is 0 Å². The van der Waals surface area contributed by atoms with E-state index >= 15 is 0 Å². The fourth-order valence-corrected chi connectivity index (χ4v) is 7.50. The van der Waals surface area contributed by atoms with Crippen LogP contribution in [0.3, 0.4) is 0 Å². The zero-order chi connectivity index (χ0) is 23.6. The molecule has 2 N–H and O–H groups in total. The third-order valence-corrected chi connectivity index (χ3v) is 9.94. The Balaban J connectivity index is 1.67. The highest BCUT2D eigenvalue weighted by Crippen LogP contribution is 2.34. The highest BCUT2D eigenvalue weighted by atomic mass is 35.5. The van der Waals surface area contributed by atoms with Crippen LogP contribution in [0.2, 0.25) is 4.34 Å². The Morgan fingerprint density at radius 1 is 1.16 bits per heavy atom. The lowest BCUT2D eigenvalue weighted by molar-refractivity contribution is -0.120. The average Bonchev–Trinajstić information content (AvgIpc) is 3.31. The van der Waals surface area contributed by atoms with Crippen LogP contribution in [0.1, 0.15) is 33.6 Å². The molecule has 0 radical (unpaired) electrons. The average molecular weight is 520 g/mol. The van der Waals surface area contributed by atoms with Crippen LogP contribution in [0.25, 0.3) is 0 Å². The summed E-state index contributed by atoms with van der Waals surface area (Å²) in [6.07, 6.45) is -0.204. The van der Waals surface area contributed by atoms with Crippen LogP contribution >= 0.6 is 34.3 Å². The normalized spacial score (nSPS) is 15.4. The number of rotatable bonds is 5. The van der Waals surface area contributed by atoms with Gasteiger partial charge in [-0.3, -0.25) is 14.9 Å². The van der Waals surface area contributed by atoms with Crippen LogP contribution in [0, 0.1) is 19.8 Å². The van der Waals surface area contributed by atoms with Crippen LogP contribution in [-0.2, 0) is 19.6 Å². The van der Waals surface area contributed by atoms with E-state index in [1.807, 2.05) is 6.92 Å². The van der Waals surface area contributed by atoms with E-state index in [4.69, 9.17) is 11.6 Å². The smallest absolute Gasteiger partial charge is 0.413 e. The molecule has 0 saturated carbocycles. The van der Waals surface area contributed by atoms with Gasteiger partial charge in [-0.1, -0.05) is 11.6 Å². The van der Waals surface area contributed by atoms with Crippen LogP contribution in [-0.4, -0.2) is 50.8 Å². The SMILES string of the molecule is COC(=O)NC(=O)c1c(NC(=O)C2CCN(S(=O)(=O)c3ccc(Cl)s3)CC2)sc(C)c1C. The summed E-state index contributed by atoms with van der Waals surface area (Å²) >= 11 is 8.10. The molecule has 0 unspecified atom stereocenters. The molecular formula is C19H22ClN3O6S3. The Morgan fingerprint density at radius 3 is 2.38 bits per heavy atom. The molecule has 0 aromatic carbocycles. The minimum atomic E-state index is -3.64. The molecule has 13 heteroatoms. The summed E-state index contributed by atoms with van der Waals surface area (Å²) in [6.45, 7) is 3.95. The number of hydrogen-bond acceptors (Lipinski definition) is 8. The van der Waals surface area contributed by atoms with Crippen molar-refractivity contribution in [3.05, 3.63) is 32.5 Å². The number of ether oxygens (including phenoxy) is 1. The molecule has 174 valence electrons. The van der Waals surface area contributed by atoms with Crippen molar-refractivity contribution in [1.82, 2.24) is 9.62 Å². The van der Waals surface area contributed by atoms with Crippen molar-refractivity contribution < 1.29 is 27.5 Å². The molecule has 1 aliphatic heterocycles. The first kappa shape index (κ1) is 24.6. The molecule has 1 fully saturated rings. The topological polar surface area (TPSA) is 122 Å². The van der Waals surface area contributed by atoms with E-state index in [1.54, 1.807) is 6.92 Å². The summed E-state index contributed by atoms with van der Waals surface area (Å²) in [6, 6.07) is 3.02. The standard InChI is InChI=1S/C19H22ClN3O6S3/c1-10-11(2)30-18(15(10)17(25)22-19(26)29-3)21-16(24)12-6-8-23(9-7-12)32(27,28)14-5-4-13(20)31-14/h4-5,12H,6-9H2,1-3H3,(H,21,24)(H,22,25,26). The van der Waals surface area contributed by atoms with Crippen LogP contribution in [0.5, 0.6) is 0 Å². The third kappa shape index (κ3) is 5.15. The van der Waals surface area contributed by atoms with E-state index in [-0.39, 0.29) is 28.8 Å². The third-order valence-electron chi connectivity index (χ3n) is 5.22. The monoisotopic (exact) mass is 519 g/mol. The predicted molar refractivity (Wildman–Crippen MR) is 123 cm³/mol. The summed E-state index contributed by atoms with van der Waals surface area (Å²) in [4.78, 5) is 37.6. The second-order valence-electron chi connectivity index (χ2n) is 7.16. The zero-order valence-corrected chi connectivity index (χ0v) is 20.8. The van der Waals surface area contributed by atoms with E-state index in [9.17, 15) is 22.8 Å². The molecule has 3 heterocycles. The molecule has 3 rings (SSSR count). The summed E-state index contributed by atoms with van der Waals surface area (Å²) in [5.74, 6) is -1.37. The van der Waals surface area contributed by atoms with E-state index in [0.29, 0.717) is 27.7 Å². The van der Waals surface area contributed by atoms with Crippen molar-refractivity contribution in [2.45, 2.75) is 30.9 Å². The molecule has 3 amide bonds. The summed E-state index contributed by atoms with van der Waals surface area (Å²) in [7, 11) is -2.49. The number of thiophene rings is 2. The lowest BCUT2D eigenvalue weighted by Crippen LogP contribution is -2.41. The minimum Gasteiger partial charge on any atom is -0.453 e. The van der Waals surface area contributed by atoms with E-state index in [2.05, 4.69) is 15.4 Å². The number of aryl methyl sites for hydroxylation is 1. The summed E-state index contributed by atoms with van der Waals surface area (Å²) in [5, 5.41) is 5.23. The summed E-state index contributed by atoms with van der Waals surface area (Å²) in [5.41, 5.74) is 0.864. The van der Waals surface area contributed by atoms with Crippen molar-refractivity contribution in [1.29, 1.82) is 0 Å². The Labute approximate surface area is 198 Å². The number of piperidine rings is 1. The number of carbonyl (C=O) groups is 3. The van der Waals surface area contributed by atoms with Gasteiger partial charge in [0.2, 0.25) is 5.91 Å². The predicted octanol–water partition coefficient (Wildman–Crippen LogP) is 3.62. The van der Waals surface area contributed by atoms with Gasteiger partial charge >= 0.3 is 6.09 Å². The fourth-order valence-electron chi connectivity index (χ4n) is 3.33. The first-order chi connectivity index (χ1) is 15.0. The molecular weight excluding hydrogens is 498 g/mol. The van der Waals surface area contributed by atoms with Gasteiger partial charge in [-0.05, 0) is 44.4 Å². The van der Waals surface area contributed by atoms with Gasteiger partial charge in [-0.25, -0.2) is 13.2 Å². The van der Waals surface area contributed by atoms with Gasteiger partial charge in [-0.2, -0.15) is 4.31 Å². The first-order valence-electron chi connectivity index (χ1n) is 9.60. The second kappa shape index (κ2) is 9.87. The fraction of sp³-hybridized carbons (Fsp3) is 0.421. The van der Waals surface area contributed by atoms with Gasteiger partial charge in [0.05, 0.1) is 17.0 Å². The number of halogens is 1. The Hall–Kier alpha value is -1.99. The van der Waals surface area contributed by atoms with Gasteiger partial charge in [0.1, 0.15) is 9.21 Å². The van der Waals surface area contributed by atoms with Crippen molar-refractivity contribution in [2.24, 2.45) is 5.92 Å². The molecule has 32 heavy (non-hydrogen) atoms. The quantitative estimate of drug-likeness (QED) is 0.622. The summed E-state index contributed by atoms with van der Waals surface area (Å²) < 4.78 is 31.9. The van der Waals surface area contributed by atoms with Crippen LogP contribution in [0.4, 0.5) is 9.80 Å². The number of nitrogens with zero attached hydrogens (tertiary/aromatic N) is 1. The number of anilines is 1. The number of carbonyl (C=O) groups excluding carboxylic acids is 3. The second-order valence-corrected chi connectivity index (χ2v) is 12.3. The molecule has 2 aromatic heterocycles.